The number of nitrogens with zero attached hydrogens (tertiary/aromatic N) is 1. The summed E-state index contributed by atoms with van der Waals surface area (Å²) in [6, 6.07) is 9.08. The van der Waals surface area contributed by atoms with Gasteiger partial charge in [-0.25, -0.2) is 0 Å². The molecule has 0 radical (unpaired) electrons. The maximum Gasteiger partial charge on any atom is 0.227 e. The Morgan fingerprint density at radius 2 is 2.07 bits per heavy atom. The van der Waals surface area contributed by atoms with Crippen LogP contribution in [0.4, 0.5) is 0 Å². The zero-order valence-electron chi connectivity index (χ0n) is 25.4. The lowest BCUT2D eigenvalue weighted by Gasteiger charge is -2.27. The number of rotatable bonds is 15. The highest BCUT2D eigenvalue weighted by atomic mass is 16.5. The van der Waals surface area contributed by atoms with Gasteiger partial charge < -0.3 is 30.9 Å². The number of phenols is 1. The second kappa shape index (κ2) is 14.6. The summed E-state index contributed by atoms with van der Waals surface area (Å²) in [5.74, 6) is 0.317. The Bertz CT molecular complexity index is 1450. The van der Waals surface area contributed by atoms with E-state index < -0.39 is 12.2 Å². The van der Waals surface area contributed by atoms with Crippen LogP contribution in [0.5, 0.6) is 11.5 Å². The van der Waals surface area contributed by atoms with E-state index in [4.69, 9.17) is 10.5 Å². The Hall–Kier alpha value is -3.38. The molecule has 0 fully saturated rings. The molecule has 0 amide bonds. The van der Waals surface area contributed by atoms with Crippen LogP contribution in [0, 0.1) is 0 Å². The summed E-state index contributed by atoms with van der Waals surface area (Å²) >= 11 is 0. The quantitative estimate of drug-likeness (QED) is 0.161. The number of aliphatic imine (C=N–C) groups is 1. The van der Waals surface area contributed by atoms with Crippen LogP contribution < -0.4 is 20.7 Å². The van der Waals surface area contributed by atoms with Gasteiger partial charge in [0.05, 0.1) is 25.0 Å². The third kappa shape index (κ3) is 7.63. The number of hydrogen-bond acceptors (Lipinski definition) is 9. The molecule has 0 aliphatic carbocycles. The van der Waals surface area contributed by atoms with Crippen LogP contribution in [-0.2, 0) is 30.7 Å². The Kier molecular flexibility index (Phi) is 10.6. The average molecular weight is 606 g/mol. The zero-order valence-corrected chi connectivity index (χ0v) is 25.4. The Morgan fingerprint density at radius 3 is 2.86 bits per heavy atom. The van der Waals surface area contributed by atoms with Gasteiger partial charge in [-0.3, -0.25) is 20.0 Å². The van der Waals surface area contributed by atoms with E-state index >= 15 is 0 Å². The fraction of sp³-hybridized carbons (Fsp3) is 0.471. The molecular formula is C34H45N4O6+. The number of Topliss-reactive ketones (excluding diaryl/α,β-unsaturated/α-hetero) is 1. The van der Waals surface area contributed by atoms with Crippen molar-refractivity contribution in [3.05, 3.63) is 81.2 Å². The highest BCUT2D eigenvalue weighted by Gasteiger charge is 2.30. The average Bonchev–Trinajstić information content (AvgIpc) is 3.57. The Morgan fingerprint density at radius 1 is 1.23 bits per heavy atom. The smallest absolute Gasteiger partial charge is 0.227 e. The summed E-state index contributed by atoms with van der Waals surface area (Å²) in [7, 11) is 0. The lowest BCUT2D eigenvalue weighted by Crippen LogP contribution is -3.07. The van der Waals surface area contributed by atoms with Gasteiger partial charge in [-0.1, -0.05) is 31.5 Å². The number of carbonyl (C=O) groups is 1. The third-order valence-electron chi connectivity index (χ3n) is 8.74. The molecule has 5 rings (SSSR count). The minimum Gasteiger partial charge on any atom is -0.504 e. The molecule has 44 heavy (non-hydrogen) atoms. The number of aryl methyl sites for hydroxylation is 1. The van der Waals surface area contributed by atoms with Gasteiger partial charge in [-0.2, -0.15) is 0 Å². The highest BCUT2D eigenvalue weighted by molar-refractivity contribution is 5.87. The van der Waals surface area contributed by atoms with E-state index in [1.54, 1.807) is 18.2 Å². The number of allylic oxidation sites excluding steroid dienone is 1. The Labute approximate surface area is 258 Å². The number of benzene rings is 2. The number of fused-ring (bicyclic) bond motifs is 2. The molecule has 10 heteroatoms. The fourth-order valence-electron chi connectivity index (χ4n) is 6.38. The summed E-state index contributed by atoms with van der Waals surface area (Å²) < 4.78 is 6.03. The molecule has 3 aliphatic rings. The van der Waals surface area contributed by atoms with Gasteiger partial charge in [-0.15, -0.1) is 0 Å². The van der Waals surface area contributed by atoms with E-state index in [1.165, 1.54) is 5.56 Å². The lowest BCUT2D eigenvalue weighted by molar-refractivity contribution is -0.855. The first-order chi connectivity index (χ1) is 21.2. The van der Waals surface area contributed by atoms with Gasteiger partial charge in [0.2, 0.25) is 6.73 Å². The van der Waals surface area contributed by atoms with E-state index in [9.17, 15) is 25.2 Å². The first kappa shape index (κ1) is 32.0. The van der Waals surface area contributed by atoms with Crippen molar-refractivity contribution in [3.8, 4) is 11.5 Å². The number of ether oxygens (including phenoxy) is 1. The normalized spacial score (nSPS) is 20.3. The maximum atomic E-state index is 12.4. The number of nitrogens with one attached hydrogen (secondary N) is 2. The summed E-state index contributed by atoms with van der Waals surface area (Å²) in [5, 5.41) is 43.8. The van der Waals surface area contributed by atoms with Crippen molar-refractivity contribution in [1.29, 1.82) is 0 Å². The van der Waals surface area contributed by atoms with Crippen molar-refractivity contribution in [3.63, 3.8) is 0 Å². The topological polar surface area (TPSA) is 162 Å². The van der Waals surface area contributed by atoms with Crippen molar-refractivity contribution < 1.29 is 34.9 Å². The molecule has 0 aromatic heterocycles. The molecule has 3 heterocycles. The number of carbonyl (C=O) groups excluding carboxylic acids is 1. The maximum absolute atomic E-state index is 12.4. The molecule has 0 saturated carbocycles. The Balaban J connectivity index is 1.17. The number of aliphatic hydroxyl groups is 3. The van der Waals surface area contributed by atoms with E-state index in [2.05, 4.69) is 10.3 Å². The van der Waals surface area contributed by atoms with Gasteiger partial charge in [0.1, 0.15) is 24.2 Å². The van der Waals surface area contributed by atoms with Crippen molar-refractivity contribution in [1.82, 2.24) is 5.32 Å². The van der Waals surface area contributed by atoms with Crippen LogP contribution >= 0.6 is 0 Å². The van der Waals surface area contributed by atoms with Crippen LogP contribution in [0.3, 0.4) is 0 Å². The standard InChI is InChI=1S/C34H44N4O6/c1-2-3-24(40)14-26(42)15-25(41)7-4-21-5-9-32(43)33(12-21)44-20-38-17-30-23(16-37-31(30)18-38)13-29-22(19-39)6-8-28-27(29)10-11-36-34(28)35/h5-6,8-9,12,16,18,24,26,34,36,39-40,42-43H,2-4,7,10-11,13-15,17,19-20,35H2,1H3/p+1. The van der Waals surface area contributed by atoms with Gasteiger partial charge in [0.15, 0.2) is 11.5 Å². The number of quaternary nitrogens is 1. The van der Waals surface area contributed by atoms with Crippen LogP contribution in [0.1, 0.15) is 73.0 Å². The highest BCUT2D eigenvalue weighted by Crippen LogP contribution is 2.32. The van der Waals surface area contributed by atoms with Crippen LogP contribution in [0.15, 0.2) is 58.4 Å². The molecule has 0 saturated heterocycles. The molecular weight excluding hydrogens is 560 g/mol. The molecule has 0 bridgehead atoms. The van der Waals surface area contributed by atoms with E-state index in [-0.39, 0.29) is 43.6 Å². The molecule has 236 valence electrons. The minimum absolute atomic E-state index is 0.0222. The molecule has 3 aliphatic heterocycles. The molecule has 2 aromatic rings. The summed E-state index contributed by atoms with van der Waals surface area (Å²) in [6.07, 6.45) is 6.24. The third-order valence-corrected chi connectivity index (χ3v) is 8.74. The first-order valence-electron chi connectivity index (χ1n) is 15.6. The van der Waals surface area contributed by atoms with Gasteiger partial charge >= 0.3 is 0 Å². The SMILES string of the molecule is CCCC(O)CC(O)CC(=O)CCc1ccc(O)c(OC[NH+]2C=C3N=CC(Cc4c(CO)ccc5c4CCNC5N)=C3C2)c1. The van der Waals surface area contributed by atoms with E-state index in [1.807, 2.05) is 31.5 Å². The van der Waals surface area contributed by atoms with Crippen LogP contribution in [-0.4, -0.2) is 64.5 Å². The molecule has 10 nitrogen and oxygen atoms in total. The van der Waals surface area contributed by atoms with Crippen LogP contribution in [0.2, 0.25) is 0 Å². The van der Waals surface area contributed by atoms with Gasteiger partial charge in [-0.05, 0) is 71.2 Å². The summed E-state index contributed by atoms with van der Waals surface area (Å²) in [6.45, 7) is 3.73. The number of phenolic OH excluding ortho intramolecular Hbond substituents is 1. The minimum atomic E-state index is -0.842. The number of aliphatic hydroxyl groups excluding tert-OH is 3. The summed E-state index contributed by atoms with van der Waals surface area (Å²) in [5.41, 5.74) is 14.7. The van der Waals surface area contributed by atoms with Gasteiger partial charge in [0, 0.05) is 37.6 Å². The first-order valence-corrected chi connectivity index (χ1v) is 15.6. The van der Waals surface area contributed by atoms with Crippen LogP contribution in [0.25, 0.3) is 0 Å². The number of hydrogen-bond donors (Lipinski definition) is 7. The van der Waals surface area contributed by atoms with E-state index in [0.29, 0.717) is 38.3 Å². The molecule has 4 atom stereocenters. The number of aromatic hydroxyl groups is 1. The second-order valence-corrected chi connectivity index (χ2v) is 12.1. The predicted molar refractivity (Wildman–Crippen MR) is 167 cm³/mol. The molecule has 8 N–H and O–H groups in total. The fourth-order valence-corrected chi connectivity index (χ4v) is 6.38. The number of nitrogens with two attached hydrogens (primary N) is 1. The zero-order chi connectivity index (χ0) is 31.2. The lowest BCUT2D eigenvalue weighted by atomic mass is 9.86. The molecule has 4 unspecified atom stereocenters. The largest absolute Gasteiger partial charge is 0.504 e. The monoisotopic (exact) mass is 605 g/mol. The van der Waals surface area contributed by atoms with Gasteiger partial charge in [0.25, 0.3) is 0 Å². The van der Waals surface area contributed by atoms with E-state index in [0.717, 1.165) is 63.4 Å². The summed E-state index contributed by atoms with van der Waals surface area (Å²) in [4.78, 5) is 18.1. The van der Waals surface area contributed by atoms with Crippen molar-refractivity contribution in [2.45, 2.75) is 83.3 Å². The molecule has 0 spiro atoms. The van der Waals surface area contributed by atoms with Crippen molar-refractivity contribution >= 4 is 12.0 Å². The van der Waals surface area contributed by atoms with Crippen molar-refractivity contribution in [2.24, 2.45) is 10.7 Å². The second-order valence-electron chi connectivity index (χ2n) is 12.1. The molecule has 2 aromatic carbocycles. The van der Waals surface area contributed by atoms with Crippen molar-refractivity contribution in [2.75, 3.05) is 19.8 Å². The predicted octanol–water partition coefficient (Wildman–Crippen LogP) is 1.49. The number of ketones is 1.